The van der Waals surface area contributed by atoms with Gasteiger partial charge in [0.05, 0.1) is 11.4 Å². The first-order valence-electron chi connectivity index (χ1n) is 7.24. The summed E-state index contributed by atoms with van der Waals surface area (Å²) in [6.07, 6.45) is -2.02. The van der Waals surface area contributed by atoms with Crippen LogP contribution >= 0.6 is 0 Å². The van der Waals surface area contributed by atoms with E-state index in [4.69, 9.17) is 8.74 Å². The molecule has 2 aliphatic rings. The molecule has 4 rings (SSSR count). The van der Waals surface area contributed by atoms with E-state index in [0.29, 0.717) is 28.2 Å². The van der Waals surface area contributed by atoms with E-state index in [-0.39, 0.29) is 0 Å². The highest BCUT2D eigenvalue weighted by molar-refractivity contribution is 7.80. The number of anilines is 2. The van der Waals surface area contributed by atoms with E-state index in [0.717, 1.165) is 5.69 Å². The number of rotatable bonds is 2. The lowest BCUT2D eigenvalue weighted by Crippen LogP contribution is -2.16. The van der Waals surface area contributed by atoms with Crippen LogP contribution in [-0.2, 0) is 14.6 Å². The van der Waals surface area contributed by atoms with Crippen molar-refractivity contribution in [2.75, 3.05) is 10.6 Å². The first kappa shape index (κ1) is 15.2. The molecule has 8 heteroatoms. The van der Waals surface area contributed by atoms with Gasteiger partial charge in [-0.1, -0.05) is 36.4 Å². The molecule has 2 aromatic rings. The summed E-state index contributed by atoms with van der Waals surface area (Å²) in [5.74, 6) is 0. The Morgan fingerprint density at radius 3 is 2.04 bits per heavy atom. The van der Waals surface area contributed by atoms with Crippen molar-refractivity contribution in [3.05, 3.63) is 71.1 Å². The molecule has 0 bridgehead atoms. The highest BCUT2D eigenvalue weighted by atomic mass is 32.3. The Bertz CT molecular complexity index is 954. The van der Waals surface area contributed by atoms with Crippen LogP contribution in [0.4, 0.5) is 11.4 Å². The third-order valence-electron chi connectivity index (χ3n) is 4.08. The molecular weight excluding hydrogens is 332 g/mol. The van der Waals surface area contributed by atoms with Crippen LogP contribution in [0, 0.1) is 0 Å². The van der Waals surface area contributed by atoms with E-state index in [1.54, 1.807) is 36.4 Å². The predicted octanol–water partition coefficient (Wildman–Crippen LogP) is 2.34. The van der Waals surface area contributed by atoms with Crippen LogP contribution in [0.3, 0.4) is 0 Å². The number of nitrogens with one attached hydrogen (secondary N) is 2. The quantitative estimate of drug-likeness (QED) is 0.618. The van der Waals surface area contributed by atoms with Crippen LogP contribution in [0.1, 0.15) is 23.3 Å². The molecule has 2 atom stereocenters. The lowest BCUT2D eigenvalue weighted by atomic mass is 10.1. The van der Waals surface area contributed by atoms with Crippen molar-refractivity contribution in [3.63, 3.8) is 0 Å². The van der Waals surface area contributed by atoms with Gasteiger partial charge in [0.15, 0.2) is 0 Å². The summed E-state index contributed by atoms with van der Waals surface area (Å²) in [7, 11) is -4.68. The summed E-state index contributed by atoms with van der Waals surface area (Å²) in [5.41, 5.74) is 3.36. The molecule has 24 heavy (non-hydrogen) atoms. The van der Waals surface area contributed by atoms with E-state index in [2.05, 4.69) is 10.6 Å². The number of hydrogen-bond acceptors (Lipinski definition) is 6. The smallest absolute Gasteiger partial charge is 0.382 e. The average molecular weight is 346 g/mol. The SMILES string of the molecule is O=S(=O)(O)OC1/C(=C2\Nc3ccccc3C2O)Nc2ccccc21. The van der Waals surface area contributed by atoms with Crippen molar-refractivity contribution in [2.45, 2.75) is 12.2 Å². The summed E-state index contributed by atoms with van der Waals surface area (Å²) in [6, 6.07) is 14.2. The van der Waals surface area contributed by atoms with Crippen LogP contribution in [0.25, 0.3) is 0 Å². The summed E-state index contributed by atoms with van der Waals surface area (Å²) < 4.78 is 36.5. The number of hydrogen-bond donors (Lipinski definition) is 4. The van der Waals surface area contributed by atoms with Gasteiger partial charge in [-0.15, -0.1) is 0 Å². The zero-order valence-electron chi connectivity index (χ0n) is 12.3. The topological polar surface area (TPSA) is 108 Å². The predicted molar refractivity (Wildman–Crippen MR) is 87.5 cm³/mol. The second kappa shape index (κ2) is 5.32. The minimum absolute atomic E-state index is 0.345. The minimum atomic E-state index is -4.68. The van der Waals surface area contributed by atoms with Gasteiger partial charge in [0.1, 0.15) is 12.2 Å². The maximum absolute atomic E-state index is 11.3. The first-order valence-corrected chi connectivity index (χ1v) is 8.60. The molecule has 2 unspecified atom stereocenters. The summed E-state index contributed by atoms with van der Waals surface area (Å²) in [4.78, 5) is 0. The van der Waals surface area contributed by atoms with E-state index in [1.165, 1.54) is 0 Å². The van der Waals surface area contributed by atoms with E-state index < -0.39 is 22.6 Å². The molecule has 2 aromatic carbocycles. The molecule has 0 aliphatic carbocycles. The fraction of sp³-hybridized carbons (Fsp3) is 0.125. The van der Waals surface area contributed by atoms with E-state index in [1.807, 2.05) is 12.1 Å². The maximum atomic E-state index is 11.3. The van der Waals surface area contributed by atoms with Crippen molar-refractivity contribution in [2.24, 2.45) is 0 Å². The minimum Gasteiger partial charge on any atom is -0.382 e. The van der Waals surface area contributed by atoms with Crippen molar-refractivity contribution in [3.8, 4) is 0 Å². The second-order valence-electron chi connectivity index (χ2n) is 5.56. The molecule has 0 radical (unpaired) electrons. The van der Waals surface area contributed by atoms with Gasteiger partial charge in [0.2, 0.25) is 0 Å². The van der Waals surface area contributed by atoms with Crippen molar-refractivity contribution in [1.82, 2.24) is 0 Å². The van der Waals surface area contributed by atoms with E-state index >= 15 is 0 Å². The standard InChI is InChI=1S/C16H14N2O5S/c19-15-9-5-1-3-7-11(9)17-13(15)14-16(23-24(20,21)22)10-6-2-4-8-12(10)18-14/h1-8,15-19H,(H,20,21,22)/b14-13+. The van der Waals surface area contributed by atoms with Crippen LogP contribution < -0.4 is 10.6 Å². The second-order valence-corrected chi connectivity index (χ2v) is 6.61. The molecule has 0 spiro atoms. The Morgan fingerprint density at radius 1 is 0.875 bits per heavy atom. The van der Waals surface area contributed by atoms with Crippen LogP contribution in [0.15, 0.2) is 59.9 Å². The zero-order chi connectivity index (χ0) is 16.9. The molecule has 7 nitrogen and oxygen atoms in total. The summed E-state index contributed by atoms with van der Waals surface area (Å²) in [5, 5.41) is 16.7. The van der Waals surface area contributed by atoms with Gasteiger partial charge in [-0.25, -0.2) is 4.18 Å². The Labute approximate surface area is 138 Å². The Hall–Kier alpha value is -2.39. The highest BCUT2D eigenvalue weighted by Gasteiger charge is 2.38. The molecule has 0 saturated heterocycles. The highest BCUT2D eigenvalue weighted by Crippen LogP contribution is 2.46. The Morgan fingerprint density at radius 2 is 1.42 bits per heavy atom. The van der Waals surface area contributed by atoms with Crippen LogP contribution in [-0.4, -0.2) is 18.1 Å². The monoisotopic (exact) mass is 346 g/mol. The van der Waals surface area contributed by atoms with Gasteiger partial charge in [0, 0.05) is 22.5 Å². The fourth-order valence-electron chi connectivity index (χ4n) is 3.07. The van der Waals surface area contributed by atoms with Crippen LogP contribution in [0.5, 0.6) is 0 Å². The van der Waals surface area contributed by atoms with Crippen molar-refractivity contribution < 1.29 is 22.3 Å². The summed E-state index contributed by atoms with van der Waals surface area (Å²) in [6.45, 7) is 0. The molecule has 0 saturated carbocycles. The van der Waals surface area contributed by atoms with Gasteiger partial charge < -0.3 is 15.7 Å². The summed E-state index contributed by atoms with van der Waals surface area (Å²) >= 11 is 0. The molecular formula is C16H14N2O5S. The van der Waals surface area contributed by atoms with E-state index in [9.17, 15) is 13.5 Å². The number of aliphatic hydroxyl groups is 1. The zero-order valence-corrected chi connectivity index (χ0v) is 13.1. The fourth-order valence-corrected chi connectivity index (χ4v) is 3.51. The van der Waals surface area contributed by atoms with Gasteiger partial charge in [-0.2, -0.15) is 8.42 Å². The maximum Gasteiger partial charge on any atom is 0.398 e. The Balaban J connectivity index is 1.83. The molecule has 4 N–H and O–H groups in total. The largest absolute Gasteiger partial charge is 0.398 e. The van der Waals surface area contributed by atoms with Gasteiger partial charge >= 0.3 is 10.4 Å². The molecule has 0 amide bonds. The number of aliphatic hydroxyl groups excluding tert-OH is 1. The molecule has 2 heterocycles. The lowest BCUT2D eigenvalue weighted by molar-refractivity contribution is 0.202. The van der Waals surface area contributed by atoms with Crippen molar-refractivity contribution >= 4 is 21.8 Å². The normalized spacial score (nSPS) is 24.9. The molecule has 2 aliphatic heterocycles. The lowest BCUT2D eigenvalue weighted by Gasteiger charge is -2.16. The van der Waals surface area contributed by atoms with Gasteiger partial charge in [-0.05, 0) is 12.1 Å². The van der Waals surface area contributed by atoms with Crippen LogP contribution in [0.2, 0.25) is 0 Å². The molecule has 0 fully saturated rings. The third-order valence-corrected chi connectivity index (χ3v) is 4.52. The first-order chi connectivity index (χ1) is 11.4. The van der Waals surface area contributed by atoms with Crippen molar-refractivity contribution in [1.29, 1.82) is 0 Å². The van der Waals surface area contributed by atoms with Gasteiger partial charge in [0.25, 0.3) is 0 Å². The average Bonchev–Trinajstić information content (AvgIpc) is 3.05. The number of para-hydroxylation sites is 2. The number of fused-ring (bicyclic) bond motifs is 2. The molecule has 124 valence electrons. The van der Waals surface area contributed by atoms with Gasteiger partial charge in [-0.3, -0.25) is 4.55 Å². The number of benzene rings is 2. The Kier molecular flexibility index (Phi) is 3.36. The molecule has 0 aromatic heterocycles. The third kappa shape index (κ3) is 2.45.